The van der Waals surface area contributed by atoms with E-state index in [0.717, 1.165) is 0 Å². The van der Waals surface area contributed by atoms with Crippen molar-refractivity contribution in [1.29, 1.82) is 0 Å². The molecule has 0 saturated carbocycles. The highest BCUT2D eigenvalue weighted by Gasteiger charge is 2.48. The van der Waals surface area contributed by atoms with Crippen LogP contribution in [-0.4, -0.2) is 19.3 Å². The van der Waals surface area contributed by atoms with Crippen LogP contribution in [0.25, 0.3) is 0 Å². The van der Waals surface area contributed by atoms with E-state index in [1.165, 1.54) is 33.1 Å². The van der Waals surface area contributed by atoms with E-state index in [2.05, 4.69) is 0 Å². The minimum absolute atomic E-state index is 0.335. The third kappa shape index (κ3) is 2.90. The van der Waals surface area contributed by atoms with Crippen LogP contribution < -0.4 is 10.5 Å². The summed E-state index contributed by atoms with van der Waals surface area (Å²) in [7, 11) is 1.39. The minimum Gasteiger partial charge on any atom is -0.496 e. The molecule has 0 amide bonds. The van der Waals surface area contributed by atoms with Gasteiger partial charge >= 0.3 is 6.18 Å². The Bertz CT molecular complexity index is 432. The molecular weight excluding hydrogens is 267 g/mol. The molecule has 102 valence electrons. The maximum Gasteiger partial charge on any atom is 0.404 e. The van der Waals surface area contributed by atoms with E-state index >= 15 is 0 Å². The van der Waals surface area contributed by atoms with Crippen molar-refractivity contribution in [1.82, 2.24) is 0 Å². The lowest BCUT2D eigenvalue weighted by molar-refractivity contribution is -0.160. The second-order valence-electron chi connectivity index (χ2n) is 4.59. The summed E-state index contributed by atoms with van der Waals surface area (Å²) < 4.78 is 43.4. The molecule has 1 atom stereocenters. The quantitative estimate of drug-likeness (QED) is 0.920. The fraction of sp³-hybridized carbons (Fsp3) is 0.500. The molecular formula is C12H15ClF3NO. The summed E-state index contributed by atoms with van der Waals surface area (Å²) in [6, 6.07) is 2.53. The molecule has 1 unspecified atom stereocenters. The van der Waals surface area contributed by atoms with E-state index in [-0.39, 0.29) is 0 Å². The Morgan fingerprint density at radius 2 is 1.83 bits per heavy atom. The standard InChI is InChI=1S/C12H15ClF3NO/c1-11(2,10(17)12(14,15)16)8-6-7(13)4-5-9(8)18-3/h4-6,10H,17H2,1-3H3. The average Bonchev–Trinajstić information content (AvgIpc) is 2.26. The van der Waals surface area contributed by atoms with Crippen LogP contribution in [0.1, 0.15) is 19.4 Å². The summed E-state index contributed by atoms with van der Waals surface area (Å²) in [5.41, 5.74) is 4.31. The van der Waals surface area contributed by atoms with E-state index in [0.29, 0.717) is 16.3 Å². The van der Waals surface area contributed by atoms with Gasteiger partial charge in [-0.05, 0) is 18.2 Å². The van der Waals surface area contributed by atoms with Gasteiger partial charge in [0.25, 0.3) is 0 Å². The van der Waals surface area contributed by atoms with Crippen LogP contribution in [0.15, 0.2) is 18.2 Å². The fourth-order valence-electron chi connectivity index (χ4n) is 1.76. The van der Waals surface area contributed by atoms with Gasteiger partial charge in [0.1, 0.15) is 11.8 Å². The van der Waals surface area contributed by atoms with Crippen LogP contribution in [0.4, 0.5) is 13.2 Å². The van der Waals surface area contributed by atoms with Gasteiger partial charge in [0, 0.05) is 16.0 Å². The molecule has 1 aromatic rings. The van der Waals surface area contributed by atoms with E-state index in [4.69, 9.17) is 22.1 Å². The van der Waals surface area contributed by atoms with Crippen molar-refractivity contribution < 1.29 is 17.9 Å². The molecule has 0 bridgehead atoms. The molecule has 0 aliphatic rings. The first-order chi connectivity index (χ1) is 8.10. The third-order valence-electron chi connectivity index (χ3n) is 2.99. The highest BCUT2D eigenvalue weighted by Crippen LogP contribution is 2.40. The topological polar surface area (TPSA) is 35.2 Å². The third-order valence-corrected chi connectivity index (χ3v) is 3.22. The molecule has 0 aliphatic heterocycles. The predicted molar refractivity (Wildman–Crippen MR) is 65.1 cm³/mol. The van der Waals surface area contributed by atoms with E-state index < -0.39 is 17.6 Å². The van der Waals surface area contributed by atoms with Crippen LogP contribution in [0.5, 0.6) is 5.75 Å². The lowest BCUT2D eigenvalue weighted by Gasteiger charge is -2.34. The first-order valence-corrected chi connectivity index (χ1v) is 5.64. The van der Waals surface area contributed by atoms with Crippen molar-refractivity contribution in [2.45, 2.75) is 31.5 Å². The first-order valence-electron chi connectivity index (χ1n) is 5.27. The van der Waals surface area contributed by atoms with Gasteiger partial charge in [-0.15, -0.1) is 0 Å². The van der Waals surface area contributed by atoms with Gasteiger partial charge in [0.15, 0.2) is 0 Å². The predicted octanol–water partition coefficient (Wildman–Crippen LogP) is 3.52. The van der Waals surface area contributed by atoms with Crippen molar-refractivity contribution in [2.75, 3.05) is 7.11 Å². The number of rotatable bonds is 3. The van der Waals surface area contributed by atoms with Gasteiger partial charge in [-0.2, -0.15) is 13.2 Å². The summed E-state index contributed by atoms with van der Waals surface area (Å²) in [4.78, 5) is 0. The summed E-state index contributed by atoms with van der Waals surface area (Å²) >= 11 is 5.82. The normalized spacial score (nSPS) is 14.4. The Kier molecular flexibility index (Phi) is 4.18. The number of methoxy groups -OCH3 is 1. The van der Waals surface area contributed by atoms with Gasteiger partial charge in [-0.1, -0.05) is 25.4 Å². The van der Waals surface area contributed by atoms with Crippen LogP contribution in [0.3, 0.4) is 0 Å². The van der Waals surface area contributed by atoms with Crippen molar-refractivity contribution in [3.63, 3.8) is 0 Å². The maximum atomic E-state index is 12.8. The summed E-state index contributed by atoms with van der Waals surface area (Å²) in [6.45, 7) is 2.83. The number of halogens is 4. The second kappa shape index (κ2) is 4.97. The largest absolute Gasteiger partial charge is 0.496 e. The van der Waals surface area contributed by atoms with Gasteiger partial charge in [-0.3, -0.25) is 0 Å². The highest BCUT2D eigenvalue weighted by atomic mass is 35.5. The summed E-state index contributed by atoms with van der Waals surface area (Å²) in [6.07, 6.45) is -4.49. The van der Waals surface area contributed by atoms with E-state index in [1.54, 1.807) is 6.07 Å². The SMILES string of the molecule is COc1ccc(Cl)cc1C(C)(C)C(N)C(F)(F)F. The molecule has 0 saturated heterocycles. The molecule has 2 nitrogen and oxygen atoms in total. The Morgan fingerprint density at radius 1 is 1.28 bits per heavy atom. The van der Waals surface area contributed by atoms with Crippen LogP contribution in [0.2, 0.25) is 5.02 Å². The molecule has 0 radical (unpaired) electrons. The number of benzene rings is 1. The Labute approximate surface area is 109 Å². The zero-order valence-corrected chi connectivity index (χ0v) is 11.1. The van der Waals surface area contributed by atoms with Crippen molar-refractivity contribution in [3.8, 4) is 5.75 Å². The molecule has 2 N–H and O–H groups in total. The van der Waals surface area contributed by atoms with Gasteiger partial charge < -0.3 is 10.5 Å². The molecule has 1 aromatic carbocycles. The van der Waals surface area contributed by atoms with E-state index in [9.17, 15) is 13.2 Å². The average molecular weight is 282 g/mol. The molecule has 0 aromatic heterocycles. The Hall–Kier alpha value is -0.940. The van der Waals surface area contributed by atoms with Gasteiger partial charge in [0.2, 0.25) is 0 Å². The molecule has 0 spiro atoms. The molecule has 0 heterocycles. The monoisotopic (exact) mass is 281 g/mol. The maximum absolute atomic E-state index is 12.8. The molecule has 0 aliphatic carbocycles. The summed E-state index contributed by atoms with van der Waals surface area (Å²) in [5.74, 6) is 0.337. The molecule has 0 fully saturated rings. The highest BCUT2D eigenvalue weighted by molar-refractivity contribution is 6.30. The number of hydrogen-bond acceptors (Lipinski definition) is 2. The fourth-order valence-corrected chi connectivity index (χ4v) is 1.93. The Morgan fingerprint density at radius 3 is 2.28 bits per heavy atom. The lowest BCUT2D eigenvalue weighted by Crippen LogP contribution is -2.51. The Balaban J connectivity index is 3.31. The zero-order chi connectivity index (χ0) is 14.1. The van der Waals surface area contributed by atoms with Crippen LogP contribution in [0, 0.1) is 0 Å². The van der Waals surface area contributed by atoms with Crippen LogP contribution in [-0.2, 0) is 5.41 Å². The van der Waals surface area contributed by atoms with Crippen molar-refractivity contribution in [3.05, 3.63) is 28.8 Å². The zero-order valence-electron chi connectivity index (χ0n) is 10.3. The number of nitrogens with two attached hydrogens (primary N) is 1. The molecule has 1 rings (SSSR count). The van der Waals surface area contributed by atoms with Crippen molar-refractivity contribution in [2.24, 2.45) is 5.73 Å². The van der Waals surface area contributed by atoms with Crippen LogP contribution >= 0.6 is 11.6 Å². The van der Waals surface area contributed by atoms with Gasteiger partial charge in [-0.25, -0.2) is 0 Å². The molecule has 6 heteroatoms. The lowest BCUT2D eigenvalue weighted by atomic mass is 9.77. The number of ether oxygens (including phenoxy) is 1. The summed E-state index contributed by atoms with van der Waals surface area (Å²) in [5, 5.41) is 0.341. The number of alkyl halides is 3. The first kappa shape index (κ1) is 15.1. The number of hydrogen-bond donors (Lipinski definition) is 1. The smallest absolute Gasteiger partial charge is 0.404 e. The van der Waals surface area contributed by atoms with Crippen molar-refractivity contribution >= 4 is 11.6 Å². The van der Waals surface area contributed by atoms with Gasteiger partial charge in [0.05, 0.1) is 7.11 Å². The minimum atomic E-state index is -4.49. The molecule has 18 heavy (non-hydrogen) atoms. The second-order valence-corrected chi connectivity index (χ2v) is 5.02. The van der Waals surface area contributed by atoms with E-state index in [1.807, 2.05) is 0 Å².